The van der Waals surface area contributed by atoms with Crippen LogP contribution in [0.15, 0.2) is 42.2 Å². The second-order valence-electron chi connectivity index (χ2n) is 6.79. The van der Waals surface area contributed by atoms with Gasteiger partial charge in [0.2, 0.25) is 5.88 Å². The van der Waals surface area contributed by atoms with Gasteiger partial charge in [-0.1, -0.05) is 0 Å². The first-order chi connectivity index (χ1) is 13.2. The van der Waals surface area contributed by atoms with Crippen LogP contribution in [0.2, 0.25) is 0 Å². The Morgan fingerprint density at radius 3 is 2.64 bits per heavy atom. The number of fused-ring (bicyclic) bond motifs is 1. The summed E-state index contributed by atoms with van der Waals surface area (Å²) in [5.74, 6) is 0.237. The Balaban J connectivity index is 1.93. The SMILES string of the molecule is CC(C)(C)OC(=O)NC/C(=C\F)COc1ccc2nc(OC(F)F)ccc2c1. The van der Waals surface area contributed by atoms with Crippen molar-refractivity contribution in [2.45, 2.75) is 33.0 Å². The molecular weight excluding hydrogens is 377 g/mol. The fraction of sp³-hybridized carbons (Fsp3) is 0.368. The summed E-state index contributed by atoms with van der Waals surface area (Å²) in [6.45, 7) is 2.04. The molecule has 28 heavy (non-hydrogen) atoms. The van der Waals surface area contributed by atoms with Crippen molar-refractivity contribution >= 4 is 17.0 Å². The lowest BCUT2D eigenvalue weighted by atomic mass is 10.2. The zero-order valence-electron chi connectivity index (χ0n) is 15.7. The molecule has 2 aromatic rings. The molecule has 1 aromatic heterocycles. The van der Waals surface area contributed by atoms with Crippen LogP contribution in [0.5, 0.6) is 11.6 Å². The molecule has 1 amide bonds. The van der Waals surface area contributed by atoms with E-state index in [0.717, 1.165) is 0 Å². The van der Waals surface area contributed by atoms with Gasteiger partial charge < -0.3 is 19.5 Å². The summed E-state index contributed by atoms with van der Waals surface area (Å²) < 4.78 is 52.3. The highest BCUT2D eigenvalue weighted by Crippen LogP contribution is 2.23. The molecule has 0 radical (unpaired) electrons. The van der Waals surface area contributed by atoms with Gasteiger partial charge >= 0.3 is 12.7 Å². The fourth-order valence-corrected chi connectivity index (χ4v) is 2.13. The summed E-state index contributed by atoms with van der Waals surface area (Å²) in [5.41, 5.74) is -0.0115. The van der Waals surface area contributed by atoms with Crippen molar-refractivity contribution in [2.75, 3.05) is 13.2 Å². The number of rotatable bonds is 7. The Morgan fingerprint density at radius 2 is 2.00 bits per heavy atom. The van der Waals surface area contributed by atoms with E-state index in [1.54, 1.807) is 45.0 Å². The van der Waals surface area contributed by atoms with Crippen molar-refractivity contribution in [3.63, 3.8) is 0 Å². The number of hydrogen-bond donors (Lipinski definition) is 1. The minimum atomic E-state index is -2.95. The molecule has 0 fully saturated rings. The molecule has 0 atom stereocenters. The largest absolute Gasteiger partial charge is 0.489 e. The molecule has 0 aliphatic carbocycles. The number of nitrogens with one attached hydrogen (secondary N) is 1. The molecule has 0 saturated carbocycles. The molecule has 0 aliphatic rings. The van der Waals surface area contributed by atoms with E-state index in [9.17, 15) is 18.0 Å². The predicted octanol–water partition coefficient (Wildman–Crippen LogP) is 4.59. The van der Waals surface area contributed by atoms with Crippen LogP contribution in [0.4, 0.5) is 18.0 Å². The number of hydrogen-bond acceptors (Lipinski definition) is 5. The molecule has 6 nitrogen and oxygen atoms in total. The minimum Gasteiger partial charge on any atom is -0.489 e. The summed E-state index contributed by atoms with van der Waals surface area (Å²) >= 11 is 0. The Morgan fingerprint density at radius 1 is 1.25 bits per heavy atom. The van der Waals surface area contributed by atoms with Gasteiger partial charge in [-0.3, -0.25) is 0 Å². The quantitative estimate of drug-likeness (QED) is 0.739. The van der Waals surface area contributed by atoms with E-state index < -0.39 is 18.3 Å². The molecule has 1 aromatic carbocycles. The first-order valence-corrected chi connectivity index (χ1v) is 8.39. The maximum absolute atomic E-state index is 13.0. The highest BCUT2D eigenvalue weighted by Gasteiger charge is 2.16. The Kier molecular flexibility index (Phi) is 7.08. The molecule has 152 valence electrons. The number of pyridine rings is 1. The molecular formula is C19H21F3N2O4. The van der Waals surface area contributed by atoms with E-state index in [-0.39, 0.29) is 24.6 Å². The second-order valence-corrected chi connectivity index (χ2v) is 6.79. The lowest BCUT2D eigenvalue weighted by molar-refractivity contribution is -0.0526. The van der Waals surface area contributed by atoms with E-state index in [1.165, 1.54) is 6.07 Å². The first-order valence-electron chi connectivity index (χ1n) is 8.39. The smallest absolute Gasteiger partial charge is 0.407 e. The summed E-state index contributed by atoms with van der Waals surface area (Å²) in [6, 6.07) is 7.64. The van der Waals surface area contributed by atoms with Crippen molar-refractivity contribution in [3.8, 4) is 11.6 Å². The summed E-state index contributed by atoms with van der Waals surface area (Å²) in [5, 5.41) is 3.08. The molecule has 0 unspecified atom stereocenters. The van der Waals surface area contributed by atoms with Gasteiger partial charge in [0.1, 0.15) is 18.0 Å². The number of alkyl carbamates (subject to hydrolysis) is 1. The lowest BCUT2D eigenvalue weighted by Gasteiger charge is -2.20. The van der Waals surface area contributed by atoms with Crippen LogP contribution in [-0.4, -0.2) is 36.4 Å². The van der Waals surface area contributed by atoms with Gasteiger partial charge in [0, 0.05) is 23.6 Å². The van der Waals surface area contributed by atoms with E-state index >= 15 is 0 Å². The third-order valence-electron chi connectivity index (χ3n) is 3.28. The molecule has 1 heterocycles. The van der Waals surface area contributed by atoms with Crippen molar-refractivity contribution in [2.24, 2.45) is 0 Å². The van der Waals surface area contributed by atoms with Gasteiger partial charge in [-0.25, -0.2) is 14.2 Å². The molecule has 9 heteroatoms. The molecule has 0 aliphatic heterocycles. The Hall–Kier alpha value is -2.97. The highest BCUT2D eigenvalue weighted by molar-refractivity contribution is 5.80. The number of carbonyl (C=O) groups is 1. The average molecular weight is 398 g/mol. The minimum absolute atomic E-state index is 0.0745. The van der Waals surface area contributed by atoms with Crippen molar-refractivity contribution in [3.05, 3.63) is 42.2 Å². The summed E-state index contributed by atoms with van der Waals surface area (Å²) in [7, 11) is 0. The van der Waals surface area contributed by atoms with Gasteiger partial charge in [0.05, 0.1) is 11.8 Å². The topological polar surface area (TPSA) is 69.7 Å². The summed E-state index contributed by atoms with van der Waals surface area (Å²) in [4.78, 5) is 15.6. The second kappa shape index (κ2) is 9.29. The number of aromatic nitrogens is 1. The zero-order valence-corrected chi connectivity index (χ0v) is 15.7. The summed E-state index contributed by atoms with van der Waals surface area (Å²) in [6.07, 6.45) is -0.307. The van der Waals surface area contributed by atoms with Crippen molar-refractivity contribution in [1.82, 2.24) is 10.3 Å². The highest BCUT2D eigenvalue weighted by atomic mass is 19.3. The van der Waals surface area contributed by atoms with Gasteiger partial charge in [-0.2, -0.15) is 8.78 Å². The molecule has 0 spiro atoms. The molecule has 1 N–H and O–H groups in total. The number of carbonyl (C=O) groups excluding carboxylic acids is 1. The standard InChI is InChI=1S/C19H21F3N2O4/c1-19(2,3)28-18(25)23-10-12(9-20)11-26-14-5-6-15-13(8-14)4-7-16(24-15)27-17(21)22/h4-9,17H,10-11H2,1-3H3,(H,23,25)/b12-9+. The third kappa shape index (κ3) is 6.98. The van der Waals surface area contributed by atoms with E-state index in [2.05, 4.69) is 15.0 Å². The van der Waals surface area contributed by atoms with Gasteiger partial charge in [-0.05, 0) is 45.0 Å². The van der Waals surface area contributed by atoms with Gasteiger partial charge in [-0.15, -0.1) is 0 Å². The molecule has 0 bridgehead atoms. The monoisotopic (exact) mass is 398 g/mol. The Bertz CT molecular complexity index is 851. The zero-order chi connectivity index (χ0) is 20.7. The van der Waals surface area contributed by atoms with E-state index in [4.69, 9.17) is 9.47 Å². The van der Waals surface area contributed by atoms with Gasteiger partial charge in [0.15, 0.2) is 0 Å². The van der Waals surface area contributed by atoms with Crippen molar-refractivity contribution in [1.29, 1.82) is 0 Å². The first kappa shape index (κ1) is 21.3. The number of alkyl halides is 2. The fourth-order valence-electron chi connectivity index (χ4n) is 2.13. The van der Waals surface area contributed by atoms with Crippen LogP contribution in [0.25, 0.3) is 10.9 Å². The Labute approximate surface area is 160 Å². The van der Waals surface area contributed by atoms with E-state index in [0.29, 0.717) is 23.0 Å². The van der Waals surface area contributed by atoms with E-state index in [1.807, 2.05) is 0 Å². The van der Waals surface area contributed by atoms with Crippen LogP contribution in [-0.2, 0) is 4.74 Å². The average Bonchev–Trinajstić information content (AvgIpc) is 2.59. The van der Waals surface area contributed by atoms with Crippen molar-refractivity contribution < 1.29 is 32.2 Å². The van der Waals surface area contributed by atoms with Crippen LogP contribution >= 0.6 is 0 Å². The van der Waals surface area contributed by atoms with Crippen LogP contribution in [0, 0.1) is 0 Å². The molecule has 2 rings (SSSR count). The molecule has 0 saturated heterocycles. The third-order valence-corrected chi connectivity index (χ3v) is 3.28. The number of amides is 1. The number of nitrogens with zero attached hydrogens (tertiary/aromatic N) is 1. The lowest BCUT2D eigenvalue weighted by Crippen LogP contribution is -2.34. The predicted molar refractivity (Wildman–Crippen MR) is 97.3 cm³/mol. The maximum Gasteiger partial charge on any atom is 0.407 e. The van der Waals surface area contributed by atoms with Crippen LogP contribution in [0.3, 0.4) is 0 Å². The number of ether oxygens (including phenoxy) is 3. The van der Waals surface area contributed by atoms with Crippen LogP contribution < -0.4 is 14.8 Å². The normalized spacial score (nSPS) is 12.2. The van der Waals surface area contributed by atoms with Crippen LogP contribution in [0.1, 0.15) is 20.8 Å². The number of halogens is 3. The number of benzene rings is 1. The van der Waals surface area contributed by atoms with Gasteiger partial charge in [0.25, 0.3) is 0 Å². The maximum atomic E-state index is 13.0.